The zero-order valence-electron chi connectivity index (χ0n) is 14.8. The number of nitrogens with zero attached hydrogens (tertiary/aromatic N) is 2. The van der Waals surface area contributed by atoms with Gasteiger partial charge in [-0.15, -0.1) is 0 Å². The number of aryl methyl sites for hydroxylation is 1. The molecule has 0 saturated heterocycles. The van der Waals surface area contributed by atoms with E-state index in [0.29, 0.717) is 0 Å². The zero-order chi connectivity index (χ0) is 19.8. The number of halogens is 2. The molecule has 7 heteroatoms. The van der Waals surface area contributed by atoms with E-state index >= 15 is 0 Å². The van der Waals surface area contributed by atoms with Crippen molar-refractivity contribution in [2.24, 2.45) is 12.1 Å². The number of rotatable bonds is 3. The second-order valence-corrected chi connectivity index (χ2v) is 7.15. The van der Waals surface area contributed by atoms with Gasteiger partial charge in [-0.1, -0.05) is 47.5 Å². The summed E-state index contributed by atoms with van der Waals surface area (Å²) >= 11 is 11.7. The molecule has 5 nitrogen and oxygen atoms in total. The molecule has 0 fully saturated rings. The molecule has 0 spiro atoms. The van der Waals surface area contributed by atoms with E-state index in [1.807, 2.05) is 37.4 Å². The predicted molar refractivity (Wildman–Crippen MR) is 114 cm³/mol. The smallest absolute Gasteiger partial charge is 0.271 e. The molecule has 0 unspecified atom stereocenters. The fourth-order valence-corrected chi connectivity index (χ4v) is 3.68. The van der Waals surface area contributed by atoms with Gasteiger partial charge in [0.15, 0.2) is 5.75 Å². The van der Waals surface area contributed by atoms with E-state index in [4.69, 9.17) is 23.2 Å². The first kappa shape index (κ1) is 18.3. The molecule has 2 N–H and O–H groups in total. The van der Waals surface area contributed by atoms with Crippen LogP contribution >= 0.6 is 23.2 Å². The number of aromatic nitrogens is 1. The minimum Gasteiger partial charge on any atom is -0.505 e. The molecule has 0 saturated carbocycles. The largest absolute Gasteiger partial charge is 0.505 e. The van der Waals surface area contributed by atoms with Gasteiger partial charge >= 0.3 is 0 Å². The van der Waals surface area contributed by atoms with Crippen LogP contribution in [0.5, 0.6) is 5.75 Å². The topological polar surface area (TPSA) is 66.6 Å². The Balaban J connectivity index is 1.59. The summed E-state index contributed by atoms with van der Waals surface area (Å²) in [5, 5.41) is 15.9. The number of phenolic OH excluding ortho intramolecular Hbond substituents is 1. The lowest BCUT2D eigenvalue weighted by molar-refractivity contribution is 0.0955. The normalized spacial score (nSPS) is 11.5. The van der Waals surface area contributed by atoms with E-state index in [9.17, 15) is 9.90 Å². The van der Waals surface area contributed by atoms with E-state index < -0.39 is 5.91 Å². The summed E-state index contributed by atoms with van der Waals surface area (Å²) in [6, 6.07) is 16.8. The van der Waals surface area contributed by atoms with Crippen LogP contribution in [0.4, 0.5) is 0 Å². The summed E-state index contributed by atoms with van der Waals surface area (Å²) in [7, 11) is 2.03. The average Bonchev–Trinajstić information content (AvgIpc) is 2.98. The number of hydrogen-bond acceptors (Lipinski definition) is 3. The number of amides is 1. The van der Waals surface area contributed by atoms with Gasteiger partial charge in [0.2, 0.25) is 0 Å². The molecule has 0 aliphatic heterocycles. The second-order valence-electron chi connectivity index (χ2n) is 6.34. The van der Waals surface area contributed by atoms with E-state index in [1.54, 1.807) is 6.21 Å². The standard InChI is InChI=1S/C21H15Cl2N3O2/c1-26-18-5-3-2-4-14(18)15-8-12(6-7-19(15)26)11-24-25-21(28)13-9-16(22)20(27)17(23)10-13/h2-11,27H,1H3,(H,25,28)/b24-11+. The van der Waals surface area contributed by atoms with E-state index in [-0.39, 0.29) is 21.4 Å². The molecule has 1 amide bonds. The van der Waals surface area contributed by atoms with Crippen LogP contribution in [-0.2, 0) is 7.05 Å². The fourth-order valence-electron chi connectivity index (χ4n) is 3.19. The second kappa shape index (κ2) is 7.19. The van der Waals surface area contributed by atoms with Gasteiger partial charge in [-0.25, -0.2) is 5.43 Å². The molecule has 0 aliphatic carbocycles. The summed E-state index contributed by atoms with van der Waals surface area (Å²) < 4.78 is 2.14. The highest BCUT2D eigenvalue weighted by Gasteiger charge is 2.12. The lowest BCUT2D eigenvalue weighted by Crippen LogP contribution is -2.17. The van der Waals surface area contributed by atoms with Gasteiger partial charge in [0.05, 0.1) is 16.3 Å². The van der Waals surface area contributed by atoms with Crippen molar-refractivity contribution >= 4 is 57.1 Å². The number of phenols is 1. The van der Waals surface area contributed by atoms with Crippen LogP contribution in [0.15, 0.2) is 59.7 Å². The molecule has 140 valence electrons. The zero-order valence-corrected chi connectivity index (χ0v) is 16.3. The Morgan fingerprint density at radius 3 is 2.46 bits per heavy atom. The first-order valence-corrected chi connectivity index (χ1v) is 9.20. The van der Waals surface area contributed by atoms with Gasteiger partial charge in [0.25, 0.3) is 5.91 Å². The first-order chi connectivity index (χ1) is 13.5. The Bertz CT molecular complexity index is 1240. The third-order valence-corrected chi connectivity index (χ3v) is 5.17. The van der Waals surface area contributed by atoms with Crippen molar-refractivity contribution in [2.45, 2.75) is 0 Å². The molecule has 4 rings (SSSR count). The van der Waals surface area contributed by atoms with Crippen molar-refractivity contribution in [3.05, 3.63) is 75.8 Å². The highest BCUT2D eigenvalue weighted by atomic mass is 35.5. The average molecular weight is 412 g/mol. The SMILES string of the molecule is Cn1c2ccccc2c2cc(/C=N/NC(=O)c3cc(Cl)c(O)c(Cl)c3)ccc21. The Morgan fingerprint density at radius 1 is 1.04 bits per heavy atom. The van der Waals surface area contributed by atoms with Crippen LogP contribution in [0.1, 0.15) is 15.9 Å². The van der Waals surface area contributed by atoms with E-state index in [2.05, 4.69) is 27.2 Å². The molecule has 0 radical (unpaired) electrons. The van der Waals surface area contributed by atoms with Gasteiger partial charge in [0.1, 0.15) is 0 Å². The van der Waals surface area contributed by atoms with Crippen LogP contribution in [-0.4, -0.2) is 21.8 Å². The molecule has 1 aromatic heterocycles. The highest BCUT2D eigenvalue weighted by molar-refractivity contribution is 6.37. The Kier molecular flexibility index (Phi) is 4.71. The maximum Gasteiger partial charge on any atom is 0.271 e. The summed E-state index contributed by atoms with van der Waals surface area (Å²) in [5.74, 6) is -0.738. The first-order valence-electron chi connectivity index (χ1n) is 8.44. The lowest BCUT2D eigenvalue weighted by Gasteiger charge is -2.04. The molecule has 0 bridgehead atoms. The highest BCUT2D eigenvalue weighted by Crippen LogP contribution is 2.32. The molecule has 4 aromatic rings. The number of fused-ring (bicyclic) bond motifs is 3. The third-order valence-electron chi connectivity index (χ3n) is 4.60. The summed E-state index contributed by atoms with van der Waals surface area (Å²) in [4.78, 5) is 12.2. The quantitative estimate of drug-likeness (QED) is 0.363. The van der Waals surface area contributed by atoms with E-state index in [0.717, 1.165) is 27.4 Å². The predicted octanol–water partition coefficient (Wildman–Crippen LogP) is 5.11. The van der Waals surface area contributed by atoms with Crippen molar-refractivity contribution in [1.82, 2.24) is 9.99 Å². The third kappa shape index (κ3) is 3.19. The van der Waals surface area contributed by atoms with Crippen LogP contribution in [0, 0.1) is 0 Å². The van der Waals surface area contributed by atoms with Gasteiger partial charge in [-0.3, -0.25) is 4.79 Å². The number of para-hydroxylation sites is 1. The van der Waals surface area contributed by atoms with Gasteiger partial charge in [-0.2, -0.15) is 5.10 Å². The number of hydrazone groups is 1. The molecular formula is C21H15Cl2N3O2. The van der Waals surface area contributed by atoms with E-state index in [1.165, 1.54) is 12.1 Å². The van der Waals surface area contributed by atoms with Crippen molar-refractivity contribution in [2.75, 3.05) is 0 Å². The van der Waals surface area contributed by atoms with Crippen LogP contribution in [0.2, 0.25) is 10.0 Å². The van der Waals surface area contributed by atoms with Gasteiger partial charge in [-0.05, 0) is 35.9 Å². The molecule has 3 aromatic carbocycles. The van der Waals surface area contributed by atoms with Crippen molar-refractivity contribution in [3.8, 4) is 5.75 Å². The van der Waals surface area contributed by atoms with Gasteiger partial charge < -0.3 is 9.67 Å². The number of carbonyl (C=O) groups excluding carboxylic acids is 1. The maximum atomic E-state index is 12.2. The van der Waals surface area contributed by atoms with Crippen molar-refractivity contribution in [1.29, 1.82) is 0 Å². The summed E-state index contributed by atoms with van der Waals surface area (Å²) in [6.45, 7) is 0. The Labute approximate surface area is 170 Å². The Hall–Kier alpha value is -3.02. The number of hydrogen-bond donors (Lipinski definition) is 2. The number of benzene rings is 3. The number of aromatic hydroxyl groups is 1. The lowest BCUT2D eigenvalue weighted by atomic mass is 10.1. The minimum atomic E-state index is -0.480. The molecule has 0 atom stereocenters. The molecule has 0 aliphatic rings. The number of nitrogens with one attached hydrogen (secondary N) is 1. The maximum absolute atomic E-state index is 12.2. The minimum absolute atomic E-state index is 0.00281. The van der Waals surface area contributed by atoms with Crippen molar-refractivity contribution < 1.29 is 9.90 Å². The fraction of sp³-hybridized carbons (Fsp3) is 0.0476. The number of carbonyl (C=O) groups is 1. The van der Waals surface area contributed by atoms with Crippen LogP contribution in [0.25, 0.3) is 21.8 Å². The Morgan fingerprint density at radius 2 is 1.71 bits per heavy atom. The van der Waals surface area contributed by atoms with Crippen molar-refractivity contribution in [3.63, 3.8) is 0 Å². The molecule has 28 heavy (non-hydrogen) atoms. The van der Waals surface area contributed by atoms with Crippen LogP contribution < -0.4 is 5.43 Å². The monoisotopic (exact) mass is 411 g/mol. The van der Waals surface area contributed by atoms with Crippen LogP contribution in [0.3, 0.4) is 0 Å². The summed E-state index contributed by atoms with van der Waals surface area (Å²) in [6.07, 6.45) is 1.57. The molecule has 1 heterocycles. The molecular weight excluding hydrogens is 397 g/mol. The van der Waals surface area contributed by atoms with Gasteiger partial charge in [0, 0.05) is 34.4 Å². The summed E-state index contributed by atoms with van der Waals surface area (Å²) in [5.41, 5.74) is 5.77.